The molecule has 1 unspecified atom stereocenters. The molecule has 0 aromatic carbocycles. The molecule has 2 N–H and O–H groups in total. The first-order valence-electron chi connectivity index (χ1n) is 5.15. The lowest BCUT2D eigenvalue weighted by molar-refractivity contribution is 0.0588. The number of carbonyl (C=O) groups is 1. The van der Waals surface area contributed by atoms with Gasteiger partial charge in [0.1, 0.15) is 5.82 Å². The molecule has 1 aliphatic rings. The van der Waals surface area contributed by atoms with Crippen LogP contribution in [0.1, 0.15) is 34.3 Å². The number of carbonyl (C=O) groups excluding carboxylic acids is 1. The quantitative estimate of drug-likeness (QED) is 0.574. The molecule has 2 rings (SSSR count). The third-order valence-corrected chi connectivity index (χ3v) is 2.81. The SMILES string of the molecule is COC(=O)c1c(C2CCOC2)nc(C)n1N. The van der Waals surface area contributed by atoms with Crippen molar-refractivity contribution in [3.05, 3.63) is 17.2 Å². The molecule has 6 nitrogen and oxygen atoms in total. The van der Waals surface area contributed by atoms with E-state index in [0.29, 0.717) is 30.4 Å². The van der Waals surface area contributed by atoms with E-state index in [1.54, 1.807) is 6.92 Å². The Morgan fingerprint density at radius 1 is 1.69 bits per heavy atom. The number of imidazole rings is 1. The summed E-state index contributed by atoms with van der Waals surface area (Å²) in [5.41, 5.74) is 1.01. The smallest absolute Gasteiger partial charge is 0.358 e. The van der Waals surface area contributed by atoms with Gasteiger partial charge in [0.05, 0.1) is 19.4 Å². The maximum Gasteiger partial charge on any atom is 0.358 e. The van der Waals surface area contributed by atoms with Crippen LogP contribution in [0.15, 0.2) is 0 Å². The minimum absolute atomic E-state index is 0.137. The monoisotopic (exact) mass is 225 g/mol. The Morgan fingerprint density at radius 3 is 3.00 bits per heavy atom. The standard InChI is InChI=1S/C10H15N3O3/c1-6-12-8(7-3-4-16-5-7)9(13(6)11)10(14)15-2/h7H,3-5,11H2,1-2H3. The molecule has 6 heteroatoms. The summed E-state index contributed by atoms with van der Waals surface area (Å²) >= 11 is 0. The minimum Gasteiger partial charge on any atom is -0.464 e. The second kappa shape index (κ2) is 4.13. The van der Waals surface area contributed by atoms with Crippen molar-refractivity contribution in [3.8, 4) is 0 Å². The summed E-state index contributed by atoms with van der Waals surface area (Å²) in [6, 6.07) is 0. The fourth-order valence-corrected chi connectivity index (χ4v) is 1.90. The van der Waals surface area contributed by atoms with E-state index in [-0.39, 0.29) is 5.92 Å². The largest absolute Gasteiger partial charge is 0.464 e. The average molecular weight is 225 g/mol. The van der Waals surface area contributed by atoms with E-state index in [1.165, 1.54) is 11.8 Å². The van der Waals surface area contributed by atoms with E-state index >= 15 is 0 Å². The predicted octanol–water partition coefficient (Wildman–Crippen LogP) is 0.196. The van der Waals surface area contributed by atoms with E-state index < -0.39 is 5.97 Å². The van der Waals surface area contributed by atoms with E-state index in [4.69, 9.17) is 15.3 Å². The van der Waals surface area contributed by atoms with Crippen LogP contribution in [0.5, 0.6) is 0 Å². The zero-order valence-electron chi connectivity index (χ0n) is 9.40. The maximum absolute atomic E-state index is 11.6. The summed E-state index contributed by atoms with van der Waals surface area (Å²) in [5.74, 6) is 6.04. The molecule has 1 aliphatic heterocycles. The average Bonchev–Trinajstić information content (AvgIpc) is 2.87. The summed E-state index contributed by atoms with van der Waals surface area (Å²) in [4.78, 5) is 15.9. The number of aryl methyl sites for hydroxylation is 1. The summed E-state index contributed by atoms with van der Waals surface area (Å²) in [6.45, 7) is 3.04. The van der Waals surface area contributed by atoms with Gasteiger partial charge in [0.15, 0.2) is 5.69 Å². The normalized spacial score (nSPS) is 20.0. The number of hydrogen-bond donors (Lipinski definition) is 1. The summed E-state index contributed by atoms with van der Waals surface area (Å²) in [7, 11) is 1.33. The van der Waals surface area contributed by atoms with Gasteiger partial charge in [-0.1, -0.05) is 0 Å². The number of methoxy groups -OCH3 is 1. The molecule has 88 valence electrons. The number of ether oxygens (including phenoxy) is 2. The van der Waals surface area contributed by atoms with Gasteiger partial charge in [-0.05, 0) is 13.3 Å². The van der Waals surface area contributed by atoms with Crippen LogP contribution in [-0.2, 0) is 9.47 Å². The van der Waals surface area contributed by atoms with Crippen LogP contribution in [0, 0.1) is 6.92 Å². The Balaban J connectivity index is 2.43. The molecule has 16 heavy (non-hydrogen) atoms. The second-order valence-electron chi connectivity index (χ2n) is 3.81. The molecule has 0 bridgehead atoms. The van der Waals surface area contributed by atoms with Gasteiger partial charge in [-0.2, -0.15) is 0 Å². The molecule has 1 aromatic rings. The van der Waals surface area contributed by atoms with Crippen LogP contribution >= 0.6 is 0 Å². The molecule has 1 saturated heterocycles. The van der Waals surface area contributed by atoms with Crippen molar-refractivity contribution in [3.63, 3.8) is 0 Å². The van der Waals surface area contributed by atoms with E-state index in [9.17, 15) is 4.79 Å². The molecular formula is C10H15N3O3. The van der Waals surface area contributed by atoms with Gasteiger partial charge in [-0.15, -0.1) is 0 Å². The Hall–Kier alpha value is -1.56. The van der Waals surface area contributed by atoms with Crippen LogP contribution in [0.3, 0.4) is 0 Å². The third kappa shape index (κ3) is 1.65. The highest BCUT2D eigenvalue weighted by Crippen LogP contribution is 2.27. The second-order valence-corrected chi connectivity index (χ2v) is 3.81. The Bertz CT molecular complexity index is 408. The fraction of sp³-hybridized carbons (Fsp3) is 0.600. The minimum atomic E-state index is -0.454. The summed E-state index contributed by atoms with van der Waals surface area (Å²) < 4.78 is 11.3. The highest BCUT2D eigenvalue weighted by Gasteiger charge is 2.29. The highest BCUT2D eigenvalue weighted by molar-refractivity contribution is 5.89. The van der Waals surface area contributed by atoms with Gasteiger partial charge < -0.3 is 15.3 Å². The van der Waals surface area contributed by atoms with Crippen molar-refractivity contribution in [2.75, 3.05) is 26.2 Å². The first-order chi connectivity index (χ1) is 7.65. The fourth-order valence-electron chi connectivity index (χ4n) is 1.90. The van der Waals surface area contributed by atoms with E-state index in [1.807, 2.05) is 0 Å². The summed E-state index contributed by atoms with van der Waals surface area (Å²) in [5, 5.41) is 0. The molecule has 0 aliphatic carbocycles. The number of nitrogens with zero attached hydrogens (tertiary/aromatic N) is 2. The number of aromatic nitrogens is 2. The number of nitrogen functional groups attached to an aromatic ring is 1. The van der Waals surface area contributed by atoms with Crippen molar-refractivity contribution in [1.82, 2.24) is 9.66 Å². The molecule has 1 atom stereocenters. The lowest BCUT2D eigenvalue weighted by atomic mass is 10.0. The molecule has 1 aromatic heterocycles. The number of hydrogen-bond acceptors (Lipinski definition) is 5. The van der Waals surface area contributed by atoms with Gasteiger partial charge in [0, 0.05) is 12.5 Å². The third-order valence-electron chi connectivity index (χ3n) is 2.81. The molecule has 0 amide bonds. The number of esters is 1. The Kier molecular flexibility index (Phi) is 2.82. The number of nitrogens with two attached hydrogens (primary N) is 1. The van der Waals surface area contributed by atoms with Crippen molar-refractivity contribution in [1.29, 1.82) is 0 Å². The van der Waals surface area contributed by atoms with E-state index in [2.05, 4.69) is 4.98 Å². The van der Waals surface area contributed by atoms with Crippen molar-refractivity contribution in [2.45, 2.75) is 19.3 Å². The predicted molar refractivity (Wildman–Crippen MR) is 56.6 cm³/mol. The maximum atomic E-state index is 11.6. The molecular weight excluding hydrogens is 210 g/mol. The van der Waals surface area contributed by atoms with Crippen molar-refractivity contribution < 1.29 is 14.3 Å². The topological polar surface area (TPSA) is 79.4 Å². The van der Waals surface area contributed by atoms with Gasteiger partial charge in [-0.3, -0.25) is 0 Å². The van der Waals surface area contributed by atoms with Crippen molar-refractivity contribution in [2.24, 2.45) is 0 Å². The molecule has 0 spiro atoms. The summed E-state index contributed by atoms with van der Waals surface area (Å²) in [6.07, 6.45) is 0.862. The molecule has 0 saturated carbocycles. The van der Waals surface area contributed by atoms with E-state index in [0.717, 1.165) is 6.42 Å². The van der Waals surface area contributed by atoms with Gasteiger partial charge in [0.25, 0.3) is 0 Å². The Morgan fingerprint density at radius 2 is 2.44 bits per heavy atom. The first kappa shape index (κ1) is 10.9. The zero-order chi connectivity index (χ0) is 11.7. The zero-order valence-corrected chi connectivity index (χ0v) is 9.40. The van der Waals surface area contributed by atoms with Crippen LogP contribution in [0.2, 0.25) is 0 Å². The van der Waals surface area contributed by atoms with Gasteiger partial charge >= 0.3 is 5.97 Å². The Labute approximate surface area is 93.3 Å². The van der Waals surface area contributed by atoms with Crippen molar-refractivity contribution >= 4 is 5.97 Å². The molecule has 1 fully saturated rings. The molecule has 2 heterocycles. The first-order valence-corrected chi connectivity index (χ1v) is 5.15. The van der Waals surface area contributed by atoms with Crippen LogP contribution < -0.4 is 5.84 Å². The van der Waals surface area contributed by atoms with Gasteiger partial charge in [-0.25, -0.2) is 14.5 Å². The lowest BCUT2D eigenvalue weighted by Crippen LogP contribution is -2.20. The number of rotatable bonds is 2. The molecule has 0 radical (unpaired) electrons. The lowest BCUT2D eigenvalue weighted by Gasteiger charge is -2.07. The highest BCUT2D eigenvalue weighted by atomic mass is 16.5. The van der Waals surface area contributed by atoms with Crippen LogP contribution in [-0.4, -0.2) is 36.0 Å². The van der Waals surface area contributed by atoms with Gasteiger partial charge in [0.2, 0.25) is 0 Å². The van der Waals surface area contributed by atoms with Crippen LogP contribution in [0.4, 0.5) is 0 Å². The van der Waals surface area contributed by atoms with Crippen LogP contribution in [0.25, 0.3) is 0 Å².